The summed E-state index contributed by atoms with van der Waals surface area (Å²) in [5.41, 5.74) is -1.19. The minimum atomic E-state index is -1.19. The summed E-state index contributed by atoms with van der Waals surface area (Å²) in [4.78, 5) is 23.9. The predicted molar refractivity (Wildman–Crippen MR) is 65.4 cm³/mol. The van der Waals surface area contributed by atoms with E-state index in [1.54, 1.807) is 20.8 Å². The fraction of sp³-hybridized carbons (Fsp3) is 0.846. The third kappa shape index (κ3) is 3.72. The Labute approximate surface area is 104 Å². The molecule has 0 radical (unpaired) electrons. The zero-order chi connectivity index (χ0) is 13.5. The van der Waals surface area contributed by atoms with E-state index in [2.05, 4.69) is 0 Å². The van der Waals surface area contributed by atoms with Crippen molar-refractivity contribution in [1.82, 2.24) is 0 Å². The quantitative estimate of drug-likeness (QED) is 0.510. The maximum absolute atomic E-state index is 12.0. The molecule has 17 heavy (non-hydrogen) atoms. The average Bonchev–Trinajstić information content (AvgIpc) is 2.28. The summed E-state index contributed by atoms with van der Waals surface area (Å²) in [6, 6.07) is 0. The van der Waals surface area contributed by atoms with Crippen molar-refractivity contribution in [1.29, 1.82) is 0 Å². The van der Waals surface area contributed by atoms with Gasteiger partial charge in [-0.05, 0) is 33.1 Å². The molecule has 1 atom stereocenters. The van der Waals surface area contributed by atoms with Crippen molar-refractivity contribution in [2.24, 2.45) is 11.3 Å². The number of carbonyl (C=O) groups is 2. The van der Waals surface area contributed by atoms with Crippen LogP contribution in [0.4, 0.5) is 0 Å². The fourth-order valence-corrected chi connectivity index (χ4v) is 1.77. The Morgan fingerprint density at radius 1 is 1.06 bits per heavy atom. The molecule has 0 aromatic rings. The normalized spacial score (nSPS) is 13.0. The van der Waals surface area contributed by atoms with Gasteiger partial charge in [0.05, 0.1) is 13.2 Å². The van der Waals surface area contributed by atoms with Gasteiger partial charge in [-0.25, -0.2) is 0 Å². The van der Waals surface area contributed by atoms with E-state index < -0.39 is 17.4 Å². The summed E-state index contributed by atoms with van der Waals surface area (Å²) in [6.07, 6.45) is 1.70. The Bertz CT molecular complexity index is 242. The molecule has 0 N–H and O–H groups in total. The maximum atomic E-state index is 12.0. The molecule has 4 heteroatoms. The monoisotopic (exact) mass is 244 g/mol. The van der Waals surface area contributed by atoms with Crippen molar-refractivity contribution in [2.75, 3.05) is 13.2 Å². The van der Waals surface area contributed by atoms with E-state index in [1.165, 1.54) is 0 Å². The number of hydrogen-bond donors (Lipinski definition) is 0. The lowest BCUT2D eigenvalue weighted by Crippen LogP contribution is -2.44. The van der Waals surface area contributed by atoms with Gasteiger partial charge in [0.2, 0.25) is 0 Å². The highest BCUT2D eigenvalue weighted by Gasteiger charge is 2.48. The van der Waals surface area contributed by atoms with Crippen molar-refractivity contribution in [3.63, 3.8) is 0 Å². The zero-order valence-corrected chi connectivity index (χ0v) is 11.5. The van der Waals surface area contributed by atoms with E-state index in [0.29, 0.717) is 0 Å². The molecule has 0 amide bonds. The lowest BCUT2D eigenvalue weighted by molar-refractivity contribution is -0.174. The van der Waals surface area contributed by atoms with E-state index in [1.807, 2.05) is 13.8 Å². The Hall–Kier alpha value is -1.06. The summed E-state index contributed by atoms with van der Waals surface area (Å²) in [6.45, 7) is 9.52. The number of carbonyl (C=O) groups excluding carboxylic acids is 2. The predicted octanol–water partition coefficient (Wildman–Crippen LogP) is 2.56. The van der Waals surface area contributed by atoms with Crippen LogP contribution in [0.1, 0.15) is 47.5 Å². The summed E-state index contributed by atoms with van der Waals surface area (Å²) in [5, 5.41) is 0. The molecule has 0 aliphatic heterocycles. The van der Waals surface area contributed by atoms with Gasteiger partial charge in [0.15, 0.2) is 5.41 Å². The number of ether oxygens (including phenoxy) is 2. The van der Waals surface area contributed by atoms with E-state index in [0.717, 1.165) is 12.8 Å². The van der Waals surface area contributed by atoms with Crippen molar-refractivity contribution >= 4 is 11.9 Å². The molecule has 0 spiro atoms. The standard InChI is InChI=1S/C13H24O4/c1-6-9-10(4)13(5,11(14)16-7-2)12(15)17-8-3/h10H,6-9H2,1-5H3/t10-/m0/s1. The fourth-order valence-electron chi connectivity index (χ4n) is 1.77. The third-order valence-electron chi connectivity index (χ3n) is 3.11. The molecule has 0 rings (SSSR count). The zero-order valence-electron chi connectivity index (χ0n) is 11.5. The molecule has 0 aromatic heterocycles. The second kappa shape index (κ2) is 7.30. The molecule has 0 aliphatic rings. The number of hydrogen-bond acceptors (Lipinski definition) is 4. The molecule has 0 aromatic carbocycles. The van der Waals surface area contributed by atoms with Crippen LogP contribution in [-0.2, 0) is 19.1 Å². The van der Waals surface area contributed by atoms with Crippen LogP contribution in [0.2, 0.25) is 0 Å². The van der Waals surface area contributed by atoms with Gasteiger partial charge >= 0.3 is 11.9 Å². The van der Waals surface area contributed by atoms with Gasteiger partial charge < -0.3 is 9.47 Å². The molecule has 4 nitrogen and oxygen atoms in total. The summed E-state index contributed by atoms with van der Waals surface area (Å²) in [7, 11) is 0. The van der Waals surface area contributed by atoms with Gasteiger partial charge in [-0.1, -0.05) is 20.3 Å². The van der Waals surface area contributed by atoms with Crippen molar-refractivity contribution in [3.8, 4) is 0 Å². The Kier molecular flexibility index (Phi) is 6.85. The van der Waals surface area contributed by atoms with Crippen molar-refractivity contribution < 1.29 is 19.1 Å². The molecule has 0 aliphatic carbocycles. The molecule has 0 bridgehead atoms. The van der Waals surface area contributed by atoms with E-state index in [9.17, 15) is 9.59 Å². The lowest BCUT2D eigenvalue weighted by Gasteiger charge is -2.30. The first-order valence-electron chi connectivity index (χ1n) is 6.29. The average molecular weight is 244 g/mol. The first-order valence-corrected chi connectivity index (χ1v) is 6.29. The SMILES string of the molecule is CCC[C@H](C)C(C)(C(=O)OCC)C(=O)OCC. The summed E-state index contributed by atoms with van der Waals surface area (Å²) >= 11 is 0. The van der Waals surface area contributed by atoms with Gasteiger partial charge in [-0.3, -0.25) is 9.59 Å². The molecule has 0 saturated carbocycles. The Balaban J connectivity index is 5.04. The highest BCUT2D eigenvalue weighted by atomic mass is 16.6. The smallest absolute Gasteiger partial charge is 0.323 e. The van der Waals surface area contributed by atoms with Crippen molar-refractivity contribution in [3.05, 3.63) is 0 Å². The minimum Gasteiger partial charge on any atom is -0.465 e. The molecular formula is C13H24O4. The van der Waals surface area contributed by atoms with Crippen LogP contribution < -0.4 is 0 Å². The van der Waals surface area contributed by atoms with E-state index >= 15 is 0 Å². The Morgan fingerprint density at radius 2 is 1.47 bits per heavy atom. The van der Waals surface area contributed by atoms with Crippen LogP contribution in [0.15, 0.2) is 0 Å². The molecule has 0 saturated heterocycles. The highest BCUT2D eigenvalue weighted by Crippen LogP contribution is 2.33. The third-order valence-corrected chi connectivity index (χ3v) is 3.11. The topological polar surface area (TPSA) is 52.6 Å². The largest absolute Gasteiger partial charge is 0.465 e. The van der Waals surface area contributed by atoms with Crippen molar-refractivity contribution in [2.45, 2.75) is 47.5 Å². The minimum absolute atomic E-state index is 0.0920. The first kappa shape index (κ1) is 15.9. The summed E-state index contributed by atoms with van der Waals surface area (Å²) in [5.74, 6) is -1.07. The van der Waals surface area contributed by atoms with Gasteiger partial charge in [-0.15, -0.1) is 0 Å². The molecule has 100 valence electrons. The first-order chi connectivity index (χ1) is 7.94. The van der Waals surface area contributed by atoms with Crippen LogP contribution in [0.25, 0.3) is 0 Å². The molecule has 0 fully saturated rings. The maximum Gasteiger partial charge on any atom is 0.323 e. The van der Waals surface area contributed by atoms with Crippen LogP contribution in [-0.4, -0.2) is 25.2 Å². The van der Waals surface area contributed by atoms with E-state index in [-0.39, 0.29) is 19.1 Å². The molecule has 0 unspecified atom stereocenters. The molecular weight excluding hydrogens is 220 g/mol. The van der Waals surface area contributed by atoms with Gasteiger partial charge in [0, 0.05) is 0 Å². The Morgan fingerprint density at radius 3 is 1.76 bits per heavy atom. The van der Waals surface area contributed by atoms with E-state index in [4.69, 9.17) is 9.47 Å². The van der Waals surface area contributed by atoms with Crippen LogP contribution in [0, 0.1) is 11.3 Å². The second-order valence-corrected chi connectivity index (χ2v) is 4.33. The highest BCUT2D eigenvalue weighted by molar-refractivity contribution is 5.99. The molecule has 0 heterocycles. The van der Waals surface area contributed by atoms with Gasteiger partial charge in [0.1, 0.15) is 0 Å². The second-order valence-electron chi connectivity index (χ2n) is 4.33. The van der Waals surface area contributed by atoms with Crippen LogP contribution in [0.3, 0.4) is 0 Å². The van der Waals surface area contributed by atoms with Gasteiger partial charge in [-0.2, -0.15) is 0 Å². The van der Waals surface area contributed by atoms with Crippen LogP contribution in [0.5, 0.6) is 0 Å². The summed E-state index contributed by atoms with van der Waals surface area (Å²) < 4.78 is 10.0. The number of esters is 2. The van der Waals surface area contributed by atoms with Crippen LogP contribution >= 0.6 is 0 Å². The lowest BCUT2D eigenvalue weighted by atomic mass is 9.76. The van der Waals surface area contributed by atoms with Gasteiger partial charge in [0.25, 0.3) is 0 Å². The number of rotatable bonds is 7.